The fourth-order valence-corrected chi connectivity index (χ4v) is 3.03. The van der Waals surface area contributed by atoms with Gasteiger partial charge in [-0.1, -0.05) is 24.3 Å². The zero-order valence-electron chi connectivity index (χ0n) is 16.7. The van der Waals surface area contributed by atoms with Gasteiger partial charge in [0, 0.05) is 32.1 Å². The molecule has 0 spiro atoms. The zero-order chi connectivity index (χ0) is 19.9. The van der Waals surface area contributed by atoms with Gasteiger partial charge >= 0.3 is 0 Å². The second-order valence-electron chi connectivity index (χ2n) is 7.08. The Kier molecular flexibility index (Phi) is 6.87. The van der Waals surface area contributed by atoms with Gasteiger partial charge in [0.25, 0.3) is 0 Å². The minimum atomic E-state index is -0.195. The lowest BCUT2D eigenvalue weighted by Crippen LogP contribution is -2.36. The van der Waals surface area contributed by atoms with Crippen molar-refractivity contribution in [2.75, 3.05) is 20.3 Å². The Morgan fingerprint density at radius 3 is 2.71 bits per heavy atom. The van der Waals surface area contributed by atoms with Crippen LogP contribution in [0.4, 0.5) is 4.39 Å². The summed E-state index contributed by atoms with van der Waals surface area (Å²) >= 11 is 0. The molecule has 1 aliphatic heterocycles. The lowest BCUT2D eigenvalue weighted by molar-refractivity contribution is 0.140. The third kappa shape index (κ3) is 5.45. The van der Waals surface area contributed by atoms with Crippen molar-refractivity contribution in [1.29, 1.82) is 0 Å². The largest absolute Gasteiger partial charge is 0.488 e. The van der Waals surface area contributed by atoms with Crippen molar-refractivity contribution in [2.24, 2.45) is 4.99 Å². The summed E-state index contributed by atoms with van der Waals surface area (Å²) < 4.78 is 25.3. The first-order chi connectivity index (χ1) is 13.5. The second-order valence-corrected chi connectivity index (χ2v) is 7.08. The summed E-state index contributed by atoms with van der Waals surface area (Å²) in [7, 11) is 1.72. The molecule has 3 rings (SSSR count). The fraction of sp³-hybridized carbons (Fsp3) is 0.409. The highest BCUT2D eigenvalue weighted by atomic mass is 19.1. The SMILES string of the molecule is CN=C(NCc1ccc(C)c(F)c1)NCc1ccc(C)cc1OC1CCOC1. The molecule has 1 heterocycles. The molecule has 0 bridgehead atoms. The quantitative estimate of drug-likeness (QED) is 0.591. The van der Waals surface area contributed by atoms with Gasteiger partial charge in [-0.3, -0.25) is 4.99 Å². The number of rotatable bonds is 6. The first-order valence-electron chi connectivity index (χ1n) is 9.58. The van der Waals surface area contributed by atoms with Crippen LogP contribution in [0.5, 0.6) is 5.75 Å². The lowest BCUT2D eigenvalue weighted by Gasteiger charge is -2.18. The van der Waals surface area contributed by atoms with Crippen LogP contribution in [0.25, 0.3) is 0 Å². The van der Waals surface area contributed by atoms with Crippen LogP contribution in [0.3, 0.4) is 0 Å². The van der Waals surface area contributed by atoms with Gasteiger partial charge in [-0.2, -0.15) is 0 Å². The molecule has 150 valence electrons. The maximum atomic E-state index is 13.7. The number of aryl methyl sites for hydroxylation is 2. The van der Waals surface area contributed by atoms with Crippen molar-refractivity contribution in [2.45, 2.75) is 39.5 Å². The summed E-state index contributed by atoms with van der Waals surface area (Å²) in [6.07, 6.45) is 1.02. The van der Waals surface area contributed by atoms with Gasteiger partial charge in [0.1, 0.15) is 17.7 Å². The van der Waals surface area contributed by atoms with Gasteiger partial charge < -0.3 is 20.1 Å². The van der Waals surface area contributed by atoms with E-state index in [-0.39, 0.29) is 11.9 Å². The molecule has 1 saturated heterocycles. The molecule has 0 amide bonds. The monoisotopic (exact) mass is 385 g/mol. The maximum Gasteiger partial charge on any atom is 0.191 e. The first kappa shape index (κ1) is 20.1. The molecular formula is C22H28FN3O2. The van der Waals surface area contributed by atoms with Crippen LogP contribution in [-0.4, -0.2) is 32.3 Å². The minimum Gasteiger partial charge on any atom is -0.488 e. The highest BCUT2D eigenvalue weighted by molar-refractivity contribution is 5.79. The van der Waals surface area contributed by atoms with E-state index in [4.69, 9.17) is 9.47 Å². The number of hydrogen-bond acceptors (Lipinski definition) is 3. The third-order valence-electron chi connectivity index (χ3n) is 4.77. The number of hydrogen-bond donors (Lipinski definition) is 2. The molecule has 2 N–H and O–H groups in total. The van der Waals surface area contributed by atoms with E-state index < -0.39 is 0 Å². The Balaban J connectivity index is 1.59. The standard InChI is InChI=1S/C22H28FN3O2/c1-15-4-7-18(21(10-15)28-19-8-9-27-14-19)13-26-22(24-3)25-12-17-6-5-16(2)20(23)11-17/h4-7,10-11,19H,8-9,12-14H2,1-3H3,(H2,24,25,26). The summed E-state index contributed by atoms with van der Waals surface area (Å²) in [4.78, 5) is 4.25. The molecule has 1 aliphatic rings. The van der Waals surface area contributed by atoms with E-state index in [2.05, 4.69) is 40.7 Å². The van der Waals surface area contributed by atoms with Crippen LogP contribution in [0.1, 0.15) is 28.7 Å². The number of nitrogens with one attached hydrogen (secondary N) is 2. The van der Waals surface area contributed by atoms with Gasteiger partial charge in [-0.05, 0) is 42.7 Å². The van der Waals surface area contributed by atoms with E-state index in [1.54, 1.807) is 26.1 Å². The van der Waals surface area contributed by atoms with E-state index in [1.165, 1.54) is 0 Å². The summed E-state index contributed by atoms with van der Waals surface area (Å²) in [6.45, 7) is 6.26. The predicted octanol–water partition coefficient (Wildman–Crippen LogP) is 3.48. The Bertz CT molecular complexity index is 833. The Morgan fingerprint density at radius 2 is 2.00 bits per heavy atom. The molecule has 2 aromatic rings. The number of halogens is 1. The van der Waals surface area contributed by atoms with Crippen LogP contribution in [0.2, 0.25) is 0 Å². The van der Waals surface area contributed by atoms with Gasteiger partial charge in [-0.25, -0.2) is 4.39 Å². The molecule has 6 heteroatoms. The smallest absolute Gasteiger partial charge is 0.191 e. The van der Waals surface area contributed by atoms with Crippen molar-refractivity contribution >= 4 is 5.96 Å². The third-order valence-corrected chi connectivity index (χ3v) is 4.77. The maximum absolute atomic E-state index is 13.7. The highest BCUT2D eigenvalue weighted by Gasteiger charge is 2.18. The molecule has 0 saturated carbocycles. The van der Waals surface area contributed by atoms with Crippen LogP contribution in [0.15, 0.2) is 41.4 Å². The molecule has 0 aromatic heterocycles. The lowest BCUT2D eigenvalue weighted by atomic mass is 10.1. The molecular weight excluding hydrogens is 357 g/mol. The van der Waals surface area contributed by atoms with Gasteiger partial charge in [0.05, 0.1) is 13.2 Å². The van der Waals surface area contributed by atoms with E-state index in [1.807, 2.05) is 6.07 Å². The first-order valence-corrected chi connectivity index (χ1v) is 9.58. The number of aliphatic imine (C=N–C) groups is 1. The Morgan fingerprint density at radius 1 is 1.18 bits per heavy atom. The Labute approximate surface area is 166 Å². The van der Waals surface area contributed by atoms with Crippen LogP contribution in [0, 0.1) is 19.7 Å². The zero-order valence-corrected chi connectivity index (χ0v) is 16.7. The second kappa shape index (κ2) is 9.55. The van der Waals surface area contributed by atoms with E-state index in [0.717, 1.165) is 35.5 Å². The summed E-state index contributed by atoms with van der Waals surface area (Å²) in [5.74, 6) is 1.33. The minimum absolute atomic E-state index is 0.106. The van der Waals surface area contributed by atoms with Crippen molar-refractivity contribution < 1.29 is 13.9 Å². The topological polar surface area (TPSA) is 54.9 Å². The molecule has 1 unspecified atom stereocenters. The number of benzene rings is 2. The molecule has 2 aromatic carbocycles. The van der Waals surface area contributed by atoms with Crippen LogP contribution in [-0.2, 0) is 17.8 Å². The molecule has 1 fully saturated rings. The number of nitrogens with zero attached hydrogens (tertiary/aromatic N) is 1. The van der Waals surface area contributed by atoms with Crippen LogP contribution >= 0.6 is 0 Å². The van der Waals surface area contributed by atoms with Crippen molar-refractivity contribution in [3.8, 4) is 5.75 Å². The van der Waals surface area contributed by atoms with Crippen molar-refractivity contribution in [1.82, 2.24) is 10.6 Å². The molecule has 0 radical (unpaired) electrons. The molecule has 28 heavy (non-hydrogen) atoms. The molecule has 0 aliphatic carbocycles. The number of ether oxygens (including phenoxy) is 2. The predicted molar refractivity (Wildman–Crippen MR) is 109 cm³/mol. The summed E-state index contributed by atoms with van der Waals surface area (Å²) in [5, 5.41) is 6.52. The van der Waals surface area contributed by atoms with Crippen LogP contribution < -0.4 is 15.4 Å². The average Bonchev–Trinajstić information content (AvgIpc) is 3.19. The molecule has 5 nitrogen and oxygen atoms in total. The van der Waals surface area contributed by atoms with E-state index >= 15 is 0 Å². The average molecular weight is 385 g/mol. The van der Waals surface area contributed by atoms with Crippen molar-refractivity contribution in [3.05, 3.63) is 64.5 Å². The Hall–Kier alpha value is -2.60. The molecule has 1 atom stereocenters. The summed E-state index contributed by atoms with van der Waals surface area (Å²) in [6, 6.07) is 11.4. The van der Waals surface area contributed by atoms with E-state index in [9.17, 15) is 4.39 Å². The number of guanidine groups is 1. The highest BCUT2D eigenvalue weighted by Crippen LogP contribution is 2.23. The normalized spacial score (nSPS) is 16.9. The van der Waals surface area contributed by atoms with Gasteiger partial charge in [0.2, 0.25) is 0 Å². The van der Waals surface area contributed by atoms with Gasteiger partial charge in [0.15, 0.2) is 5.96 Å². The van der Waals surface area contributed by atoms with E-state index in [0.29, 0.717) is 31.2 Å². The summed E-state index contributed by atoms with van der Waals surface area (Å²) in [5.41, 5.74) is 3.72. The fourth-order valence-electron chi connectivity index (χ4n) is 3.03. The van der Waals surface area contributed by atoms with Gasteiger partial charge in [-0.15, -0.1) is 0 Å². The van der Waals surface area contributed by atoms with Crippen molar-refractivity contribution in [3.63, 3.8) is 0 Å².